The summed E-state index contributed by atoms with van der Waals surface area (Å²) in [5, 5.41) is 4.10. The number of piperazine rings is 1. The predicted molar refractivity (Wildman–Crippen MR) is 96.1 cm³/mol. The van der Waals surface area contributed by atoms with Gasteiger partial charge in [0.15, 0.2) is 5.82 Å². The Kier molecular flexibility index (Phi) is 4.95. The monoisotopic (exact) mass is 370 g/mol. The zero-order valence-corrected chi connectivity index (χ0v) is 15.0. The Balaban J connectivity index is 1.43. The van der Waals surface area contributed by atoms with Crippen molar-refractivity contribution >= 4 is 18.1 Å². The molecule has 0 bridgehead atoms. The number of nitrogens with zero attached hydrogens (tertiary/aromatic N) is 8. The van der Waals surface area contributed by atoms with Gasteiger partial charge in [-0.05, 0) is 12.8 Å². The number of carbonyl (C=O) groups excluding carboxylic acids is 2. The summed E-state index contributed by atoms with van der Waals surface area (Å²) < 4.78 is 1.59. The summed E-state index contributed by atoms with van der Waals surface area (Å²) in [6.07, 6.45) is 7.23. The molecule has 2 aliphatic heterocycles. The first kappa shape index (κ1) is 17.4. The van der Waals surface area contributed by atoms with Gasteiger partial charge >= 0.3 is 0 Å². The minimum Gasteiger partial charge on any atom is -0.356 e. The summed E-state index contributed by atoms with van der Waals surface area (Å²) in [7, 11) is 0. The van der Waals surface area contributed by atoms with Gasteiger partial charge in [0.05, 0.1) is 5.92 Å². The number of carbonyl (C=O) groups is 2. The average molecular weight is 370 g/mol. The Hall–Kier alpha value is -3.04. The quantitative estimate of drug-likeness (QED) is 0.674. The van der Waals surface area contributed by atoms with E-state index in [1.807, 2.05) is 11.0 Å². The summed E-state index contributed by atoms with van der Waals surface area (Å²) in [5.74, 6) is 1.57. The van der Waals surface area contributed by atoms with Crippen molar-refractivity contribution in [2.75, 3.05) is 44.2 Å². The molecule has 1 atom stereocenters. The third-order valence-electron chi connectivity index (χ3n) is 5.16. The number of hydrogen-bond acceptors (Lipinski definition) is 7. The van der Waals surface area contributed by atoms with Crippen molar-refractivity contribution in [2.45, 2.75) is 12.8 Å². The zero-order valence-electron chi connectivity index (χ0n) is 15.0. The molecule has 0 aromatic carbocycles. The summed E-state index contributed by atoms with van der Waals surface area (Å²) in [5.41, 5.74) is 0. The van der Waals surface area contributed by atoms with Gasteiger partial charge in [-0.15, -0.1) is 0 Å². The first-order valence-corrected chi connectivity index (χ1v) is 9.15. The van der Waals surface area contributed by atoms with Gasteiger partial charge in [0.1, 0.15) is 24.8 Å². The third-order valence-corrected chi connectivity index (χ3v) is 5.16. The van der Waals surface area contributed by atoms with E-state index in [-0.39, 0.29) is 11.8 Å². The number of hydrogen-bond donors (Lipinski definition) is 0. The van der Waals surface area contributed by atoms with Crippen LogP contribution in [-0.4, -0.2) is 86.1 Å². The van der Waals surface area contributed by atoms with Crippen LogP contribution in [0.1, 0.15) is 12.8 Å². The lowest BCUT2D eigenvalue weighted by atomic mass is 9.96. The molecule has 2 fully saturated rings. The molecule has 0 radical (unpaired) electrons. The Morgan fingerprint density at radius 1 is 1.07 bits per heavy atom. The molecule has 2 saturated heterocycles. The minimum absolute atomic E-state index is 0.0497. The molecule has 4 heterocycles. The molecular weight excluding hydrogens is 348 g/mol. The van der Waals surface area contributed by atoms with Crippen molar-refractivity contribution < 1.29 is 9.59 Å². The normalized spacial score (nSPS) is 20.6. The maximum atomic E-state index is 12.9. The van der Waals surface area contributed by atoms with E-state index in [9.17, 15) is 9.59 Å². The van der Waals surface area contributed by atoms with Crippen LogP contribution in [0.3, 0.4) is 0 Å². The van der Waals surface area contributed by atoms with E-state index in [0.29, 0.717) is 38.5 Å². The van der Waals surface area contributed by atoms with Gasteiger partial charge in [0.2, 0.25) is 12.3 Å². The molecule has 10 heteroatoms. The molecule has 2 amide bonds. The highest BCUT2D eigenvalue weighted by atomic mass is 16.2. The largest absolute Gasteiger partial charge is 0.356 e. The van der Waals surface area contributed by atoms with Crippen LogP contribution in [0.25, 0.3) is 5.82 Å². The molecule has 4 rings (SSSR count). The molecular formula is C17H22N8O2. The molecule has 0 spiro atoms. The highest BCUT2D eigenvalue weighted by Crippen LogP contribution is 2.24. The summed E-state index contributed by atoms with van der Waals surface area (Å²) in [4.78, 5) is 42.0. The van der Waals surface area contributed by atoms with Crippen LogP contribution >= 0.6 is 0 Å². The standard InChI is InChI=1S/C17H22N8O2/c26-13-22-4-6-23(7-5-22)17(27)14-2-1-3-24(9-14)15-8-16(20-11-19-15)25-12-18-10-21-25/h8,10-14H,1-7,9H2. The highest BCUT2D eigenvalue weighted by Gasteiger charge is 2.31. The van der Waals surface area contributed by atoms with Crippen LogP contribution in [0.2, 0.25) is 0 Å². The van der Waals surface area contributed by atoms with Crippen molar-refractivity contribution in [3.8, 4) is 5.82 Å². The van der Waals surface area contributed by atoms with E-state index in [4.69, 9.17) is 0 Å². The van der Waals surface area contributed by atoms with E-state index >= 15 is 0 Å². The lowest BCUT2D eigenvalue weighted by Crippen LogP contribution is -2.52. The molecule has 142 valence electrons. The van der Waals surface area contributed by atoms with Gasteiger partial charge in [0.25, 0.3) is 0 Å². The summed E-state index contributed by atoms with van der Waals surface area (Å²) in [6.45, 7) is 3.94. The van der Waals surface area contributed by atoms with E-state index in [1.165, 1.54) is 12.7 Å². The lowest BCUT2D eigenvalue weighted by Gasteiger charge is -2.38. The second kappa shape index (κ2) is 7.68. The SMILES string of the molecule is O=CN1CCN(C(=O)C2CCCN(c3cc(-n4cncn4)ncn3)C2)CC1. The van der Waals surface area contributed by atoms with Crippen LogP contribution in [0, 0.1) is 5.92 Å². The van der Waals surface area contributed by atoms with E-state index in [0.717, 1.165) is 31.6 Å². The molecule has 27 heavy (non-hydrogen) atoms. The predicted octanol–water partition coefficient (Wildman–Crippen LogP) is -0.426. The van der Waals surface area contributed by atoms with E-state index < -0.39 is 0 Å². The molecule has 1 unspecified atom stereocenters. The molecule has 2 aromatic rings. The first-order valence-electron chi connectivity index (χ1n) is 9.15. The summed E-state index contributed by atoms with van der Waals surface area (Å²) >= 11 is 0. The molecule has 0 aliphatic carbocycles. The Bertz CT molecular complexity index is 788. The van der Waals surface area contributed by atoms with Crippen molar-refractivity contribution in [3.05, 3.63) is 25.0 Å². The molecule has 2 aromatic heterocycles. The number of aromatic nitrogens is 5. The zero-order chi connectivity index (χ0) is 18.6. The van der Waals surface area contributed by atoms with Gasteiger partial charge in [-0.25, -0.2) is 19.6 Å². The van der Waals surface area contributed by atoms with Crippen molar-refractivity contribution in [2.24, 2.45) is 5.92 Å². The number of amides is 2. The van der Waals surface area contributed by atoms with Crippen LogP contribution in [-0.2, 0) is 9.59 Å². The second-order valence-corrected chi connectivity index (χ2v) is 6.83. The van der Waals surface area contributed by atoms with Gasteiger partial charge in [0, 0.05) is 45.3 Å². The van der Waals surface area contributed by atoms with Gasteiger partial charge in [-0.2, -0.15) is 5.10 Å². The molecule has 0 saturated carbocycles. The number of anilines is 1. The second-order valence-electron chi connectivity index (χ2n) is 6.83. The van der Waals surface area contributed by atoms with E-state index in [2.05, 4.69) is 25.0 Å². The fourth-order valence-corrected chi connectivity index (χ4v) is 3.65. The smallest absolute Gasteiger partial charge is 0.227 e. The van der Waals surface area contributed by atoms with E-state index in [1.54, 1.807) is 15.9 Å². The topological polar surface area (TPSA) is 100 Å². The van der Waals surface area contributed by atoms with Gasteiger partial charge in [-0.1, -0.05) is 0 Å². The third kappa shape index (κ3) is 3.74. The summed E-state index contributed by atoms with van der Waals surface area (Å²) in [6, 6.07) is 1.87. The van der Waals surface area contributed by atoms with Gasteiger partial charge < -0.3 is 14.7 Å². The van der Waals surface area contributed by atoms with Crippen LogP contribution in [0.15, 0.2) is 25.0 Å². The number of rotatable bonds is 4. The van der Waals surface area contributed by atoms with Gasteiger partial charge in [-0.3, -0.25) is 9.59 Å². The number of piperidine rings is 1. The van der Waals surface area contributed by atoms with Crippen molar-refractivity contribution in [1.82, 2.24) is 34.5 Å². The Morgan fingerprint density at radius 3 is 2.63 bits per heavy atom. The maximum Gasteiger partial charge on any atom is 0.227 e. The highest BCUT2D eigenvalue weighted by molar-refractivity contribution is 5.80. The van der Waals surface area contributed by atoms with Crippen LogP contribution in [0.5, 0.6) is 0 Å². The maximum absolute atomic E-state index is 12.9. The fourth-order valence-electron chi connectivity index (χ4n) is 3.65. The molecule has 2 aliphatic rings. The Labute approximate surface area is 156 Å². The van der Waals surface area contributed by atoms with Crippen LogP contribution < -0.4 is 4.90 Å². The minimum atomic E-state index is -0.0497. The fraction of sp³-hybridized carbons (Fsp3) is 0.529. The van der Waals surface area contributed by atoms with Crippen molar-refractivity contribution in [3.63, 3.8) is 0 Å². The Morgan fingerprint density at radius 2 is 1.89 bits per heavy atom. The lowest BCUT2D eigenvalue weighted by molar-refractivity contribution is -0.139. The van der Waals surface area contributed by atoms with Crippen molar-refractivity contribution in [1.29, 1.82) is 0 Å². The average Bonchev–Trinajstić information content (AvgIpc) is 3.28. The molecule has 10 nitrogen and oxygen atoms in total. The first-order chi connectivity index (χ1) is 13.2. The van der Waals surface area contributed by atoms with Crippen LogP contribution in [0.4, 0.5) is 5.82 Å². The molecule has 0 N–H and O–H groups in total.